The molecule has 0 radical (unpaired) electrons. The summed E-state index contributed by atoms with van der Waals surface area (Å²) in [7, 11) is 1.90. The first-order chi connectivity index (χ1) is 9.10. The van der Waals surface area contributed by atoms with Gasteiger partial charge in [0, 0.05) is 13.6 Å². The minimum atomic E-state index is -0.191. The highest BCUT2D eigenvalue weighted by Gasteiger charge is 2.05. The van der Waals surface area contributed by atoms with Crippen LogP contribution in [0.15, 0.2) is 36.5 Å². The van der Waals surface area contributed by atoms with Crippen LogP contribution in [0.3, 0.4) is 0 Å². The van der Waals surface area contributed by atoms with E-state index in [0.29, 0.717) is 17.8 Å². The number of nitrogens with zero attached hydrogens (tertiary/aromatic N) is 3. The molecule has 4 heteroatoms. The second-order valence-corrected chi connectivity index (χ2v) is 4.45. The van der Waals surface area contributed by atoms with Crippen LogP contribution in [0.5, 0.6) is 0 Å². The molecule has 3 nitrogen and oxygen atoms in total. The Bertz CT molecular complexity index is 614. The number of benzene rings is 1. The highest BCUT2D eigenvalue weighted by atomic mass is 19.1. The molecular weight excluding hydrogens is 241 g/mol. The molecule has 0 atom stereocenters. The standard InChI is InChI=1S/C15H14FN3/c1-11-3-4-12(7-15(11)16)10-19(2)14-6-5-13(8-17)18-9-14/h3-7,9H,10H2,1-2H3. The van der Waals surface area contributed by atoms with E-state index in [0.717, 1.165) is 11.3 Å². The molecule has 0 unspecified atom stereocenters. The van der Waals surface area contributed by atoms with Gasteiger partial charge in [-0.05, 0) is 36.2 Å². The smallest absolute Gasteiger partial charge is 0.140 e. The monoisotopic (exact) mass is 255 g/mol. The minimum absolute atomic E-state index is 0.191. The molecule has 1 heterocycles. The lowest BCUT2D eigenvalue weighted by Gasteiger charge is -2.19. The lowest BCUT2D eigenvalue weighted by molar-refractivity contribution is 0.616. The molecule has 0 saturated carbocycles. The summed E-state index contributed by atoms with van der Waals surface area (Å²) in [6, 6.07) is 10.7. The number of halogens is 1. The molecule has 0 aliphatic heterocycles. The van der Waals surface area contributed by atoms with Crippen molar-refractivity contribution in [1.82, 2.24) is 4.98 Å². The van der Waals surface area contributed by atoms with E-state index in [1.54, 1.807) is 31.3 Å². The number of hydrogen-bond donors (Lipinski definition) is 0. The topological polar surface area (TPSA) is 39.9 Å². The summed E-state index contributed by atoms with van der Waals surface area (Å²) in [5.74, 6) is -0.191. The molecule has 0 N–H and O–H groups in total. The summed E-state index contributed by atoms with van der Waals surface area (Å²) in [5, 5.41) is 8.69. The van der Waals surface area contributed by atoms with Crippen LogP contribution in [0.25, 0.3) is 0 Å². The maximum Gasteiger partial charge on any atom is 0.140 e. The van der Waals surface area contributed by atoms with Gasteiger partial charge in [-0.1, -0.05) is 12.1 Å². The van der Waals surface area contributed by atoms with Gasteiger partial charge in [0.1, 0.15) is 17.6 Å². The average molecular weight is 255 g/mol. The van der Waals surface area contributed by atoms with Gasteiger partial charge in [0.25, 0.3) is 0 Å². The first-order valence-corrected chi connectivity index (χ1v) is 5.92. The molecule has 0 aliphatic rings. The van der Waals surface area contributed by atoms with Crippen molar-refractivity contribution in [3.63, 3.8) is 0 Å². The summed E-state index contributed by atoms with van der Waals surface area (Å²) < 4.78 is 13.5. The highest BCUT2D eigenvalue weighted by molar-refractivity contribution is 5.45. The molecule has 0 amide bonds. The largest absolute Gasteiger partial charge is 0.369 e. The zero-order valence-corrected chi connectivity index (χ0v) is 10.9. The zero-order valence-electron chi connectivity index (χ0n) is 10.9. The number of nitriles is 1. The Labute approximate surface area is 111 Å². The van der Waals surface area contributed by atoms with E-state index < -0.39 is 0 Å². The van der Waals surface area contributed by atoms with Gasteiger partial charge in [-0.3, -0.25) is 0 Å². The van der Waals surface area contributed by atoms with E-state index in [9.17, 15) is 4.39 Å². The first kappa shape index (κ1) is 13.0. The predicted molar refractivity (Wildman–Crippen MR) is 72.2 cm³/mol. The lowest BCUT2D eigenvalue weighted by atomic mass is 10.1. The number of rotatable bonds is 3. The van der Waals surface area contributed by atoms with Crippen molar-refractivity contribution in [2.24, 2.45) is 0 Å². The second-order valence-electron chi connectivity index (χ2n) is 4.45. The third kappa shape index (κ3) is 3.08. The van der Waals surface area contributed by atoms with Crippen molar-refractivity contribution < 1.29 is 4.39 Å². The van der Waals surface area contributed by atoms with E-state index in [2.05, 4.69) is 4.98 Å². The van der Waals surface area contributed by atoms with Gasteiger partial charge in [0.15, 0.2) is 0 Å². The van der Waals surface area contributed by atoms with Crippen molar-refractivity contribution in [3.8, 4) is 6.07 Å². The minimum Gasteiger partial charge on any atom is -0.369 e. The predicted octanol–water partition coefficient (Wildman–Crippen LogP) is 3.04. The lowest BCUT2D eigenvalue weighted by Crippen LogP contribution is -2.16. The summed E-state index contributed by atoms with van der Waals surface area (Å²) in [4.78, 5) is 5.97. The Hall–Kier alpha value is -2.41. The Morgan fingerprint density at radius 2 is 2.11 bits per heavy atom. The number of pyridine rings is 1. The molecule has 2 rings (SSSR count). The molecule has 96 valence electrons. The first-order valence-electron chi connectivity index (χ1n) is 5.92. The molecular formula is C15H14FN3. The van der Waals surface area contributed by atoms with Crippen molar-refractivity contribution in [2.75, 3.05) is 11.9 Å². The maximum absolute atomic E-state index is 13.5. The third-order valence-corrected chi connectivity index (χ3v) is 2.96. The van der Waals surface area contributed by atoms with Crippen LogP contribution < -0.4 is 4.90 Å². The molecule has 0 saturated heterocycles. The molecule has 1 aromatic carbocycles. The van der Waals surface area contributed by atoms with E-state index in [4.69, 9.17) is 5.26 Å². The quantitative estimate of drug-likeness (QED) is 0.846. The number of aryl methyl sites for hydroxylation is 1. The Balaban J connectivity index is 2.13. The van der Waals surface area contributed by atoms with Crippen LogP contribution in [-0.2, 0) is 6.54 Å². The summed E-state index contributed by atoms with van der Waals surface area (Å²) in [5.41, 5.74) is 2.82. The van der Waals surface area contributed by atoms with Crippen LogP contribution in [0.1, 0.15) is 16.8 Å². The van der Waals surface area contributed by atoms with Crippen LogP contribution in [0.2, 0.25) is 0 Å². The van der Waals surface area contributed by atoms with Crippen molar-refractivity contribution in [3.05, 3.63) is 59.2 Å². The Morgan fingerprint density at radius 1 is 1.32 bits per heavy atom. The third-order valence-electron chi connectivity index (χ3n) is 2.96. The van der Waals surface area contributed by atoms with Crippen LogP contribution in [0.4, 0.5) is 10.1 Å². The fraction of sp³-hybridized carbons (Fsp3) is 0.200. The Morgan fingerprint density at radius 3 is 2.68 bits per heavy atom. The number of aromatic nitrogens is 1. The zero-order chi connectivity index (χ0) is 13.8. The van der Waals surface area contributed by atoms with Gasteiger partial charge in [0.2, 0.25) is 0 Å². The normalized spacial score (nSPS) is 10.0. The van der Waals surface area contributed by atoms with E-state index in [-0.39, 0.29) is 5.82 Å². The van der Waals surface area contributed by atoms with Crippen LogP contribution in [-0.4, -0.2) is 12.0 Å². The van der Waals surface area contributed by atoms with Crippen LogP contribution in [0, 0.1) is 24.1 Å². The van der Waals surface area contributed by atoms with E-state index in [1.165, 1.54) is 0 Å². The summed E-state index contributed by atoms with van der Waals surface area (Å²) in [6.45, 7) is 2.33. The van der Waals surface area contributed by atoms with Gasteiger partial charge in [-0.15, -0.1) is 0 Å². The fourth-order valence-corrected chi connectivity index (χ4v) is 1.78. The summed E-state index contributed by atoms with van der Waals surface area (Å²) >= 11 is 0. The SMILES string of the molecule is Cc1ccc(CN(C)c2ccc(C#N)nc2)cc1F. The van der Waals surface area contributed by atoms with Crippen molar-refractivity contribution in [1.29, 1.82) is 5.26 Å². The van der Waals surface area contributed by atoms with Crippen molar-refractivity contribution >= 4 is 5.69 Å². The molecule has 0 bridgehead atoms. The van der Waals surface area contributed by atoms with E-state index >= 15 is 0 Å². The van der Waals surface area contributed by atoms with Gasteiger partial charge in [-0.25, -0.2) is 9.37 Å². The van der Waals surface area contributed by atoms with Gasteiger partial charge in [-0.2, -0.15) is 5.26 Å². The van der Waals surface area contributed by atoms with Crippen LogP contribution >= 0.6 is 0 Å². The highest BCUT2D eigenvalue weighted by Crippen LogP contribution is 2.16. The molecule has 19 heavy (non-hydrogen) atoms. The Kier molecular flexibility index (Phi) is 3.76. The fourth-order valence-electron chi connectivity index (χ4n) is 1.78. The molecule has 0 fully saturated rings. The molecule has 2 aromatic rings. The maximum atomic E-state index is 13.5. The number of hydrogen-bond acceptors (Lipinski definition) is 3. The molecule has 0 aliphatic carbocycles. The average Bonchev–Trinajstić information content (AvgIpc) is 2.43. The molecule has 0 spiro atoms. The second kappa shape index (κ2) is 5.49. The number of anilines is 1. The van der Waals surface area contributed by atoms with Crippen molar-refractivity contribution in [2.45, 2.75) is 13.5 Å². The van der Waals surface area contributed by atoms with E-state index in [1.807, 2.05) is 30.1 Å². The van der Waals surface area contributed by atoms with Gasteiger partial charge < -0.3 is 4.90 Å². The van der Waals surface area contributed by atoms with Gasteiger partial charge in [0.05, 0.1) is 11.9 Å². The molecule has 1 aromatic heterocycles. The summed E-state index contributed by atoms with van der Waals surface area (Å²) in [6.07, 6.45) is 1.64. The van der Waals surface area contributed by atoms with Gasteiger partial charge >= 0.3 is 0 Å².